The Morgan fingerprint density at radius 2 is 1.44 bits per heavy atom. The van der Waals surface area contributed by atoms with E-state index in [0.29, 0.717) is 6.42 Å². The lowest BCUT2D eigenvalue weighted by Gasteiger charge is -2.46. The summed E-state index contributed by atoms with van der Waals surface area (Å²) in [6.45, 7) is 18.2. The van der Waals surface area contributed by atoms with Gasteiger partial charge in [0, 0.05) is 13.0 Å². The van der Waals surface area contributed by atoms with Crippen LogP contribution in [0.5, 0.6) is 0 Å². The van der Waals surface area contributed by atoms with Gasteiger partial charge in [0.25, 0.3) is 0 Å². The van der Waals surface area contributed by atoms with E-state index < -0.39 is 29.3 Å². The molecule has 3 saturated heterocycles. The van der Waals surface area contributed by atoms with E-state index in [1.165, 1.54) is 0 Å². The van der Waals surface area contributed by atoms with Gasteiger partial charge in [0.2, 0.25) is 0 Å². The molecule has 3 fully saturated rings. The number of rotatable bonds is 7. The summed E-state index contributed by atoms with van der Waals surface area (Å²) in [4.78, 5) is 0. The van der Waals surface area contributed by atoms with E-state index in [2.05, 4.69) is 55.4 Å². The maximum Gasteiger partial charge on any atom is 0.335 e. The van der Waals surface area contributed by atoms with E-state index in [1.807, 2.05) is 6.08 Å². The number of aliphatic hydroxyl groups is 2. The van der Waals surface area contributed by atoms with Crippen molar-refractivity contribution >= 4 is 17.1 Å². The molecule has 0 saturated carbocycles. The van der Waals surface area contributed by atoms with Crippen molar-refractivity contribution in [2.75, 3.05) is 13.2 Å². The smallest absolute Gasteiger partial charge is 0.335 e. The molecule has 0 aromatic heterocycles. The van der Waals surface area contributed by atoms with Crippen LogP contribution in [0.3, 0.4) is 0 Å². The zero-order valence-electron chi connectivity index (χ0n) is 22.4. The predicted octanol–water partition coefficient (Wildman–Crippen LogP) is 4.56. The maximum atomic E-state index is 10.1. The third kappa shape index (κ3) is 5.57. The van der Waals surface area contributed by atoms with E-state index in [-0.39, 0.29) is 53.2 Å². The summed E-state index contributed by atoms with van der Waals surface area (Å²) in [5.41, 5.74) is 0.982. The normalized spacial score (nSPS) is 34.8. The van der Waals surface area contributed by atoms with Gasteiger partial charge in [-0.2, -0.15) is 0 Å². The molecule has 0 spiro atoms. The van der Waals surface area contributed by atoms with E-state index in [1.54, 1.807) is 6.08 Å². The van der Waals surface area contributed by atoms with E-state index in [0.717, 1.165) is 19.4 Å². The van der Waals surface area contributed by atoms with Gasteiger partial charge in [0.05, 0.1) is 31.0 Å². The minimum Gasteiger partial charge on any atom is -0.414 e. The van der Waals surface area contributed by atoms with Crippen LogP contribution in [-0.4, -0.2) is 77.2 Å². The van der Waals surface area contributed by atoms with Crippen molar-refractivity contribution in [2.45, 2.75) is 133 Å². The molecule has 34 heavy (non-hydrogen) atoms. The lowest BCUT2D eigenvalue weighted by atomic mass is 9.98. The molecule has 0 aromatic carbocycles. The van der Waals surface area contributed by atoms with Gasteiger partial charge in [-0.15, -0.1) is 0 Å². The molecule has 7 nitrogen and oxygen atoms in total. The molecule has 2 N–H and O–H groups in total. The van der Waals surface area contributed by atoms with Gasteiger partial charge < -0.3 is 32.7 Å². The second-order valence-corrected chi connectivity index (χ2v) is 20.3. The Hall–Kier alpha value is -0.106. The summed E-state index contributed by atoms with van der Waals surface area (Å²) in [5, 5.41) is 19.4. The van der Waals surface area contributed by atoms with Crippen molar-refractivity contribution in [1.82, 2.24) is 0 Å². The van der Waals surface area contributed by atoms with Crippen LogP contribution in [0, 0.1) is 0 Å². The lowest BCUT2D eigenvalue weighted by molar-refractivity contribution is -0.121. The molecule has 0 radical (unpaired) electrons. The quantitative estimate of drug-likeness (QED) is 0.379. The fourth-order valence-corrected chi connectivity index (χ4v) is 17.2. The first kappa shape index (κ1) is 28.5. The van der Waals surface area contributed by atoms with Gasteiger partial charge in [-0.25, -0.2) is 0 Å². The average Bonchev–Trinajstić information content (AvgIpc) is 3.02. The zero-order chi connectivity index (χ0) is 25.3. The van der Waals surface area contributed by atoms with E-state index in [9.17, 15) is 10.2 Å². The molecule has 0 amide bonds. The molecule has 3 aliphatic heterocycles. The first-order valence-electron chi connectivity index (χ1n) is 13.3. The summed E-state index contributed by atoms with van der Waals surface area (Å²) in [6.07, 6.45) is 4.04. The van der Waals surface area contributed by atoms with Crippen molar-refractivity contribution in [3.63, 3.8) is 0 Å². The number of hydrogen-bond donors (Lipinski definition) is 2. The Morgan fingerprint density at radius 1 is 0.853 bits per heavy atom. The minimum atomic E-state index is -2.76. The highest BCUT2D eigenvalue weighted by molar-refractivity contribution is 6.84. The van der Waals surface area contributed by atoms with Gasteiger partial charge in [-0.3, -0.25) is 0 Å². The summed E-state index contributed by atoms with van der Waals surface area (Å²) in [5.74, 6) is 0. The summed E-state index contributed by atoms with van der Waals surface area (Å²) in [6, 6.07) is 0. The molecule has 9 heteroatoms. The topological polar surface area (TPSA) is 86.6 Å². The van der Waals surface area contributed by atoms with Crippen LogP contribution in [0.15, 0.2) is 12.2 Å². The molecule has 0 bridgehead atoms. The molecule has 0 aliphatic carbocycles. The third-order valence-electron chi connectivity index (χ3n) is 7.77. The van der Waals surface area contributed by atoms with Crippen LogP contribution < -0.4 is 0 Å². The Bertz CT molecular complexity index is 668. The van der Waals surface area contributed by atoms with Gasteiger partial charge in [0.1, 0.15) is 12.2 Å². The Balaban J connectivity index is 2.14. The van der Waals surface area contributed by atoms with Crippen LogP contribution in [0.25, 0.3) is 0 Å². The standard InChI is InChI=1S/C25H48O7Si2/c1-16(2)33(17(3)4)30-24-14-23-21(10-9-13-28-23)29-22(12-11-20(27)15-26)25(24)31-34(32-33,18(5)6)19(7)8/h11-12,16-27H,9-10,13-15H2,1-8H3/b12-11+/t20-,21-,22+,23+,24-,25+/m0/s1. The summed E-state index contributed by atoms with van der Waals surface area (Å²) >= 11 is 0. The molecule has 0 aromatic rings. The number of ether oxygens (including phenoxy) is 2. The van der Waals surface area contributed by atoms with Crippen LogP contribution >= 0.6 is 0 Å². The molecule has 3 rings (SSSR count). The van der Waals surface area contributed by atoms with Gasteiger partial charge in [-0.05, 0) is 35.0 Å². The van der Waals surface area contributed by atoms with E-state index >= 15 is 0 Å². The van der Waals surface area contributed by atoms with Crippen LogP contribution in [0.1, 0.15) is 74.7 Å². The number of aliphatic hydroxyl groups excluding tert-OH is 2. The Kier molecular flexibility index (Phi) is 9.64. The minimum absolute atomic E-state index is 0.0435. The molecular formula is C25H48O7Si2. The van der Waals surface area contributed by atoms with Crippen LogP contribution in [-0.2, 0) is 22.4 Å². The first-order chi connectivity index (χ1) is 16.0. The molecular weight excluding hydrogens is 468 g/mol. The number of fused-ring (bicyclic) bond motifs is 2. The maximum absolute atomic E-state index is 10.1. The predicted molar refractivity (Wildman–Crippen MR) is 137 cm³/mol. The van der Waals surface area contributed by atoms with Crippen molar-refractivity contribution in [2.24, 2.45) is 0 Å². The molecule has 3 heterocycles. The first-order valence-corrected chi connectivity index (χ1v) is 17.2. The monoisotopic (exact) mass is 516 g/mol. The van der Waals surface area contributed by atoms with Gasteiger partial charge in [-0.1, -0.05) is 67.5 Å². The highest BCUT2D eigenvalue weighted by atomic mass is 28.5. The fourth-order valence-electron chi connectivity index (χ4n) is 5.85. The van der Waals surface area contributed by atoms with E-state index in [4.69, 9.17) is 22.4 Å². The molecule has 6 atom stereocenters. The largest absolute Gasteiger partial charge is 0.414 e. The van der Waals surface area contributed by atoms with Crippen molar-refractivity contribution in [3.8, 4) is 0 Å². The SMILES string of the molecule is CC(C)[Si]1(C(C)C)O[C@H]2[C@H](C[C@H]3OCCC[C@@H]3O[C@@H]2/C=C/[C@H](O)CO)O[Si](C(C)C)(C(C)C)O1. The Labute approximate surface area is 208 Å². The van der Waals surface area contributed by atoms with Crippen molar-refractivity contribution in [3.05, 3.63) is 12.2 Å². The van der Waals surface area contributed by atoms with Crippen molar-refractivity contribution < 1.29 is 32.7 Å². The average molecular weight is 517 g/mol. The Morgan fingerprint density at radius 3 is 2.00 bits per heavy atom. The van der Waals surface area contributed by atoms with Gasteiger partial charge >= 0.3 is 17.1 Å². The molecule has 0 unspecified atom stereocenters. The summed E-state index contributed by atoms with van der Waals surface area (Å²) in [7, 11) is -5.47. The summed E-state index contributed by atoms with van der Waals surface area (Å²) < 4.78 is 34.6. The lowest BCUT2D eigenvalue weighted by Crippen LogP contribution is -2.60. The molecule has 198 valence electrons. The van der Waals surface area contributed by atoms with Crippen LogP contribution in [0.2, 0.25) is 22.2 Å². The third-order valence-corrected chi connectivity index (χ3v) is 18.1. The van der Waals surface area contributed by atoms with Crippen LogP contribution in [0.4, 0.5) is 0 Å². The highest BCUT2D eigenvalue weighted by Crippen LogP contribution is 2.49. The van der Waals surface area contributed by atoms with Gasteiger partial charge in [0.15, 0.2) is 0 Å². The fraction of sp³-hybridized carbons (Fsp3) is 0.920. The number of hydrogen-bond acceptors (Lipinski definition) is 7. The second-order valence-electron chi connectivity index (χ2n) is 11.5. The second kappa shape index (κ2) is 11.5. The highest BCUT2D eigenvalue weighted by Gasteiger charge is 2.62. The molecule has 3 aliphatic rings. The van der Waals surface area contributed by atoms with Crippen molar-refractivity contribution in [1.29, 1.82) is 0 Å². The zero-order valence-corrected chi connectivity index (χ0v) is 24.4.